The third kappa shape index (κ3) is 9.04. The van der Waals surface area contributed by atoms with E-state index in [0.717, 1.165) is 27.3 Å². The van der Waals surface area contributed by atoms with E-state index in [-0.39, 0.29) is 12.6 Å². The molecule has 11 heteroatoms. The molecule has 0 aliphatic heterocycles. The largest absolute Gasteiger partial charge is 0.453 e. The second kappa shape index (κ2) is 15.5. The number of anilines is 1. The lowest BCUT2D eigenvalue weighted by atomic mass is 10.1. The fourth-order valence-electron chi connectivity index (χ4n) is 4.62. The van der Waals surface area contributed by atoms with Crippen LogP contribution in [0.3, 0.4) is 0 Å². The van der Waals surface area contributed by atoms with Crippen LogP contribution in [0.2, 0.25) is 10.2 Å². The third-order valence-electron chi connectivity index (χ3n) is 6.89. The first-order valence-corrected chi connectivity index (χ1v) is 15.9. The first-order valence-electron chi connectivity index (χ1n) is 14.1. The Morgan fingerprint density at radius 1 is 0.911 bits per heavy atom. The number of nitrogens with zero attached hydrogens (tertiary/aromatic N) is 1. The highest BCUT2D eigenvalue weighted by molar-refractivity contribution is 7.98. The van der Waals surface area contributed by atoms with Gasteiger partial charge in [-0.2, -0.15) is 0 Å². The lowest BCUT2D eigenvalue weighted by Crippen LogP contribution is -2.38. The van der Waals surface area contributed by atoms with Gasteiger partial charge in [-0.25, -0.2) is 14.6 Å². The molecule has 230 valence electrons. The Morgan fingerprint density at radius 2 is 1.60 bits per heavy atom. The molecule has 8 nitrogen and oxygen atoms in total. The standard InChI is InChI=1S/C34H31Cl2N5O3S/c1-44-34(43)38-27-15-12-24(13-16-27)30-31(36)41-32(40-30)28(18-22-8-4-2-5-9-22)39-33(42)37-20-25-19-26(35)14-17-29(25)45-21-23-10-6-3-7-11-23/h2-17,19,28H,18,20-21H2,1H3,(H,38,43)(H,40,41)(H2,37,39,42). The molecule has 0 saturated carbocycles. The van der Waals surface area contributed by atoms with Crippen LogP contribution in [0.4, 0.5) is 15.3 Å². The van der Waals surface area contributed by atoms with Crippen LogP contribution in [0.1, 0.15) is 28.6 Å². The van der Waals surface area contributed by atoms with E-state index >= 15 is 0 Å². The molecule has 0 saturated heterocycles. The maximum absolute atomic E-state index is 13.3. The van der Waals surface area contributed by atoms with Crippen molar-refractivity contribution < 1.29 is 14.3 Å². The van der Waals surface area contributed by atoms with Crippen molar-refractivity contribution in [1.29, 1.82) is 0 Å². The number of carbonyl (C=O) groups excluding carboxylic acids is 2. The van der Waals surface area contributed by atoms with Gasteiger partial charge in [0, 0.05) is 33.5 Å². The minimum absolute atomic E-state index is 0.289. The second-order valence-corrected chi connectivity index (χ2v) is 11.9. The van der Waals surface area contributed by atoms with Gasteiger partial charge >= 0.3 is 12.1 Å². The number of thioether (sulfide) groups is 1. The number of urea groups is 1. The number of rotatable bonds is 11. The summed E-state index contributed by atoms with van der Waals surface area (Å²) in [5.74, 6) is 1.31. The van der Waals surface area contributed by atoms with Gasteiger partial charge in [0.15, 0.2) is 0 Å². The van der Waals surface area contributed by atoms with Crippen molar-refractivity contribution in [2.75, 3.05) is 12.4 Å². The van der Waals surface area contributed by atoms with Gasteiger partial charge in [0.05, 0.1) is 13.2 Å². The smallest absolute Gasteiger partial charge is 0.411 e. The van der Waals surface area contributed by atoms with Crippen LogP contribution in [0, 0.1) is 0 Å². The molecule has 0 bridgehead atoms. The van der Waals surface area contributed by atoms with Gasteiger partial charge in [-0.05, 0) is 53.4 Å². The number of H-pyrrole nitrogens is 1. The number of hydrogen-bond donors (Lipinski definition) is 4. The van der Waals surface area contributed by atoms with Gasteiger partial charge in [-0.1, -0.05) is 96.0 Å². The Labute approximate surface area is 275 Å². The van der Waals surface area contributed by atoms with E-state index < -0.39 is 12.1 Å². The van der Waals surface area contributed by atoms with Crippen LogP contribution in [-0.4, -0.2) is 29.2 Å². The topological polar surface area (TPSA) is 108 Å². The molecular weight excluding hydrogens is 629 g/mol. The van der Waals surface area contributed by atoms with E-state index in [1.807, 2.05) is 66.7 Å². The summed E-state index contributed by atoms with van der Waals surface area (Å²) < 4.78 is 4.64. The van der Waals surface area contributed by atoms with Gasteiger partial charge in [0.25, 0.3) is 0 Å². The number of benzene rings is 4. The van der Waals surface area contributed by atoms with Crippen molar-refractivity contribution >= 4 is 52.8 Å². The first kappa shape index (κ1) is 32.0. The molecule has 1 atom stereocenters. The zero-order valence-corrected chi connectivity index (χ0v) is 26.7. The lowest BCUT2D eigenvalue weighted by molar-refractivity contribution is 0.187. The minimum atomic E-state index is -0.562. The van der Waals surface area contributed by atoms with E-state index in [2.05, 4.69) is 37.8 Å². The van der Waals surface area contributed by atoms with E-state index in [1.54, 1.807) is 36.0 Å². The third-order valence-corrected chi connectivity index (χ3v) is 8.58. The maximum Gasteiger partial charge on any atom is 0.411 e. The number of carbonyl (C=O) groups is 2. The fraction of sp³-hybridized carbons (Fsp3) is 0.147. The summed E-state index contributed by atoms with van der Waals surface area (Å²) in [5.41, 5.74) is 4.98. The predicted octanol–water partition coefficient (Wildman–Crippen LogP) is 8.64. The Balaban J connectivity index is 1.30. The number of aromatic nitrogens is 2. The molecular formula is C34H31Cl2N5O3S. The summed E-state index contributed by atoms with van der Waals surface area (Å²) in [7, 11) is 1.30. The molecule has 4 aromatic carbocycles. The highest BCUT2D eigenvalue weighted by atomic mass is 35.5. The van der Waals surface area contributed by atoms with E-state index in [1.165, 1.54) is 12.7 Å². The van der Waals surface area contributed by atoms with Crippen molar-refractivity contribution in [3.05, 3.63) is 136 Å². The van der Waals surface area contributed by atoms with E-state index in [9.17, 15) is 9.59 Å². The van der Waals surface area contributed by atoms with Crippen molar-refractivity contribution in [3.63, 3.8) is 0 Å². The Kier molecular flexibility index (Phi) is 11.0. The van der Waals surface area contributed by atoms with Crippen molar-refractivity contribution in [2.24, 2.45) is 0 Å². The zero-order chi connectivity index (χ0) is 31.6. The van der Waals surface area contributed by atoms with Crippen LogP contribution in [0.5, 0.6) is 0 Å². The maximum atomic E-state index is 13.3. The Morgan fingerprint density at radius 3 is 2.29 bits per heavy atom. The number of halogens is 2. The van der Waals surface area contributed by atoms with E-state index in [4.69, 9.17) is 28.2 Å². The summed E-state index contributed by atoms with van der Waals surface area (Å²) in [4.78, 5) is 33.8. The second-order valence-electron chi connectivity index (χ2n) is 10.1. The Bertz CT molecular complexity index is 1730. The molecule has 0 spiro atoms. The molecule has 0 radical (unpaired) electrons. The van der Waals surface area contributed by atoms with Crippen molar-refractivity contribution in [3.8, 4) is 11.3 Å². The number of methoxy groups -OCH3 is 1. The van der Waals surface area contributed by atoms with Crippen molar-refractivity contribution in [2.45, 2.75) is 29.7 Å². The molecule has 0 aliphatic rings. The summed E-state index contributed by atoms with van der Waals surface area (Å²) in [6, 6.07) is 31.9. The van der Waals surface area contributed by atoms with Crippen LogP contribution < -0.4 is 16.0 Å². The normalized spacial score (nSPS) is 11.4. The molecule has 0 fully saturated rings. The highest BCUT2D eigenvalue weighted by Gasteiger charge is 2.22. The Hall–Kier alpha value is -4.44. The van der Waals surface area contributed by atoms with Crippen LogP contribution in [0.15, 0.2) is 108 Å². The molecule has 45 heavy (non-hydrogen) atoms. The van der Waals surface area contributed by atoms with Crippen LogP contribution >= 0.6 is 35.0 Å². The SMILES string of the molecule is COC(=O)Nc1ccc(-c2nc(C(Cc3ccccc3)NC(=O)NCc3cc(Cl)ccc3SCc3ccccc3)[nH]c2Cl)cc1. The molecule has 5 aromatic rings. The number of hydrogen-bond acceptors (Lipinski definition) is 5. The zero-order valence-electron chi connectivity index (χ0n) is 24.3. The molecule has 1 unspecified atom stereocenters. The molecule has 4 N–H and O–H groups in total. The van der Waals surface area contributed by atoms with Gasteiger partial charge < -0.3 is 20.4 Å². The highest BCUT2D eigenvalue weighted by Crippen LogP contribution is 2.30. The quantitative estimate of drug-likeness (QED) is 0.106. The number of aromatic amines is 1. The van der Waals surface area contributed by atoms with Crippen molar-refractivity contribution in [1.82, 2.24) is 20.6 Å². The molecule has 3 amide bonds. The number of imidazole rings is 1. The lowest BCUT2D eigenvalue weighted by Gasteiger charge is -2.18. The first-order chi connectivity index (χ1) is 21.9. The van der Waals surface area contributed by atoms with Gasteiger partial charge in [0.2, 0.25) is 0 Å². The average molecular weight is 661 g/mol. The summed E-state index contributed by atoms with van der Waals surface area (Å²) in [5, 5.41) is 9.61. The number of amides is 3. The fourth-order valence-corrected chi connectivity index (χ4v) is 6.06. The molecule has 1 heterocycles. The monoisotopic (exact) mass is 659 g/mol. The molecule has 1 aromatic heterocycles. The van der Waals surface area contributed by atoms with E-state index in [0.29, 0.717) is 33.8 Å². The van der Waals surface area contributed by atoms with Crippen LogP contribution in [-0.2, 0) is 23.5 Å². The van der Waals surface area contributed by atoms with Gasteiger partial charge in [0.1, 0.15) is 16.7 Å². The summed E-state index contributed by atoms with van der Waals surface area (Å²) in [6.07, 6.45) is -0.0806. The molecule has 5 rings (SSSR count). The van der Waals surface area contributed by atoms with Gasteiger partial charge in [-0.3, -0.25) is 5.32 Å². The minimum Gasteiger partial charge on any atom is -0.453 e. The van der Waals surface area contributed by atoms with Gasteiger partial charge in [-0.15, -0.1) is 11.8 Å². The molecule has 0 aliphatic carbocycles. The van der Waals surface area contributed by atoms with Crippen LogP contribution in [0.25, 0.3) is 11.3 Å². The number of nitrogens with one attached hydrogen (secondary N) is 4. The predicted molar refractivity (Wildman–Crippen MR) is 181 cm³/mol. The summed E-state index contributed by atoms with van der Waals surface area (Å²) in [6.45, 7) is 0.289. The summed E-state index contributed by atoms with van der Waals surface area (Å²) >= 11 is 14.6. The number of ether oxygens (including phenoxy) is 1. The average Bonchev–Trinajstić information content (AvgIpc) is 3.45.